The van der Waals surface area contributed by atoms with E-state index in [0.717, 1.165) is 18.2 Å². The highest BCUT2D eigenvalue weighted by Gasteiger charge is 2.71. The number of benzene rings is 2. The van der Waals surface area contributed by atoms with Gasteiger partial charge in [0.05, 0.1) is 7.11 Å². The van der Waals surface area contributed by atoms with Crippen molar-refractivity contribution in [3.8, 4) is 5.75 Å². The molecule has 1 atom stereocenters. The van der Waals surface area contributed by atoms with E-state index in [1.807, 2.05) is 0 Å². The van der Waals surface area contributed by atoms with E-state index in [0.29, 0.717) is 24.3 Å². The van der Waals surface area contributed by atoms with E-state index in [-0.39, 0.29) is 5.75 Å². The molecular formula is C16H12F6O2. The molecule has 24 heavy (non-hydrogen) atoms. The lowest BCUT2D eigenvalue weighted by molar-refractivity contribution is -0.336. The van der Waals surface area contributed by atoms with E-state index < -0.39 is 34.6 Å². The first-order valence-corrected chi connectivity index (χ1v) is 6.61. The third-order valence-electron chi connectivity index (χ3n) is 3.56. The molecule has 2 rings (SSSR count). The van der Waals surface area contributed by atoms with Crippen LogP contribution in [0.2, 0.25) is 0 Å². The molecule has 0 aliphatic rings. The maximum Gasteiger partial charge on any atom is 0.457 e. The first-order valence-electron chi connectivity index (χ1n) is 6.61. The molecule has 1 N–H and O–H groups in total. The summed E-state index contributed by atoms with van der Waals surface area (Å²) in [6.07, 6.45) is -6.04. The molecule has 130 valence electrons. The molecule has 0 bridgehead atoms. The summed E-state index contributed by atoms with van der Waals surface area (Å²) in [6, 6.07) is 6.98. The molecule has 0 heterocycles. The predicted molar refractivity (Wildman–Crippen MR) is 73.4 cm³/mol. The van der Waals surface area contributed by atoms with Crippen molar-refractivity contribution in [2.45, 2.75) is 17.7 Å². The fourth-order valence-corrected chi connectivity index (χ4v) is 2.27. The highest BCUT2D eigenvalue weighted by atomic mass is 19.4. The topological polar surface area (TPSA) is 29.5 Å². The molecule has 0 aliphatic carbocycles. The zero-order valence-electron chi connectivity index (χ0n) is 12.2. The molecule has 0 saturated carbocycles. The van der Waals surface area contributed by atoms with Gasteiger partial charge in [-0.05, 0) is 35.4 Å². The summed E-state index contributed by atoms with van der Waals surface area (Å²) in [6.45, 7) is 0. The number of halogens is 6. The zero-order valence-corrected chi connectivity index (χ0v) is 12.2. The molecule has 2 aromatic rings. The van der Waals surface area contributed by atoms with Crippen molar-refractivity contribution < 1.29 is 36.2 Å². The van der Waals surface area contributed by atoms with Crippen molar-refractivity contribution >= 4 is 0 Å². The van der Waals surface area contributed by atoms with E-state index in [4.69, 9.17) is 4.74 Å². The van der Waals surface area contributed by atoms with Crippen molar-refractivity contribution in [1.29, 1.82) is 0 Å². The number of hydrogen-bond donors (Lipinski definition) is 1. The molecule has 0 saturated heterocycles. The fourth-order valence-electron chi connectivity index (χ4n) is 2.27. The second-order valence-corrected chi connectivity index (χ2v) is 5.02. The molecule has 2 nitrogen and oxygen atoms in total. The van der Waals surface area contributed by atoms with Gasteiger partial charge in [-0.3, -0.25) is 0 Å². The van der Waals surface area contributed by atoms with Crippen LogP contribution in [-0.4, -0.2) is 24.3 Å². The summed E-state index contributed by atoms with van der Waals surface area (Å²) >= 11 is 0. The van der Waals surface area contributed by atoms with Gasteiger partial charge in [-0.2, -0.15) is 22.0 Å². The van der Waals surface area contributed by atoms with Crippen LogP contribution in [-0.2, 0) is 5.60 Å². The Labute approximate surface area is 133 Å². The second kappa shape index (κ2) is 6.01. The molecule has 0 radical (unpaired) electrons. The summed E-state index contributed by atoms with van der Waals surface area (Å²) in [5, 5.41) is 10.5. The Kier molecular flexibility index (Phi) is 4.54. The Hall–Kier alpha value is -2.22. The minimum atomic E-state index is -6.04. The summed E-state index contributed by atoms with van der Waals surface area (Å²) in [7, 11) is 1.19. The first-order chi connectivity index (χ1) is 11.0. The molecule has 1 unspecified atom stereocenters. The number of alkyl halides is 5. The monoisotopic (exact) mass is 350 g/mol. The minimum absolute atomic E-state index is 0.0222. The minimum Gasteiger partial charge on any atom is -0.497 e. The Morgan fingerprint density at radius 2 is 1.46 bits per heavy atom. The van der Waals surface area contributed by atoms with Crippen LogP contribution >= 0.6 is 0 Å². The van der Waals surface area contributed by atoms with Crippen LogP contribution in [0, 0.1) is 5.82 Å². The van der Waals surface area contributed by atoms with Crippen LogP contribution in [0.3, 0.4) is 0 Å². The van der Waals surface area contributed by atoms with E-state index in [9.17, 15) is 31.4 Å². The van der Waals surface area contributed by atoms with Gasteiger partial charge in [-0.25, -0.2) is 4.39 Å². The molecule has 0 fully saturated rings. The molecule has 8 heteroatoms. The van der Waals surface area contributed by atoms with Gasteiger partial charge in [-0.1, -0.05) is 24.3 Å². The van der Waals surface area contributed by atoms with Crippen LogP contribution in [0.15, 0.2) is 48.5 Å². The SMILES string of the molecule is COc1cccc(C(O)(c2ccc(F)cc2)C(F)(F)C(F)(F)F)c1. The predicted octanol–water partition coefficient (Wildman–Crippen LogP) is 4.27. The Morgan fingerprint density at radius 3 is 1.96 bits per heavy atom. The van der Waals surface area contributed by atoms with E-state index >= 15 is 0 Å². The van der Waals surface area contributed by atoms with Crippen molar-refractivity contribution in [3.63, 3.8) is 0 Å². The lowest BCUT2D eigenvalue weighted by Crippen LogP contribution is -2.55. The van der Waals surface area contributed by atoms with Crippen molar-refractivity contribution in [2.75, 3.05) is 7.11 Å². The number of ether oxygens (including phenoxy) is 1. The molecular weight excluding hydrogens is 338 g/mol. The van der Waals surface area contributed by atoms with Gasteiger partial charge in [0.15, 0.2) is 5.60 Å². The molecule has 0 amide bonds. The summed E-state index contributed by atoms with van der Waals surface area (Å²) in [4.78, 5) is 0. The second-order valence-electron chi connectivity index (χ2n) is 5.02. The fraction of sp³-hybridized carbons (Fsp3) is 0.250. The van der Waals surface area contributed by atoms with Crippen LogP contribution in [0.4, 0.5) is 26.3 Å². The first kappa shape index (κ1) is 18.1. The van der Waals surface area contributed by atoms with Crippen molar-refractivity contribution in [3.05, 3.63) is 65.5 Å². The third kappa shape index (κ3) is 2.82. The standard InChI is InChI=1S/C16H12F6O2/c1-24-13-4-2-3-11(9-13)14(23,15(18,19)16(20,21)22)10-5-7-12(17)8-6-10/h2-9,23H,1H3. The normalized spacial score (nSPS) is 15.0. The van der Waals surface area contributed by atoms with Gasteiger partial charge in [0.25, 0.3) is 0 Å². The van der Waals surface area contributed by atoms with Gasteiger partial charge in [0, 0.05) is 0 Å². The van der Waals surface area contributed by atoms with Crippen molar-refractivity contribution in [1.82, 2.24) is 0 Å². The lowest BCUT2D eigenvalue weighted by Gasteiger charge is -2.37. The Morgan fingerprint density at radius 1 is 0.875 bits per heavy atom. The summed E-state index contributed by atoms with van der Waals surface area (Å²) < 4.78 is 85.0. The van der Waals surface area contributed by atoms with Crippen LogP contribution < -0.4 is 4.74 Å². The van der Waals surface area contributed by atoms with Crippen LogP contribution in [0.5, 0.6) is 5.75 Å². The number of methoxy groups -OCH3 is 1. The molecule has 0 spiro atoms. The number of hydrogen-bond acceptors (Lipinski definition) is 2. The van der Waals surface area contributed by atoms with Gasteiger partial charge in [0.2, 0.25) is 0 Å². The van der Waals surface area contributed by atoms with E-state index in [1.54, 1.807) is 0 Å². The maximum atomic E-state index is 14.2. The Balaban J connectivity index is 2.76. The average Bonchev–Trinajstić information content (AvgIpc) is 2.53. The summed E-state index contributed by atoms with van der Waals surface area (Å²) in [5.41, 5.74) is -5.30. The van der Waals surface area contributed by atoms with Crippen LogP contribution in [0.25, 0.3) is 0 Å². The van der Waals surface area contributed by atoms with Crippen LogP contribution in [0.1, 0.15) is 11.1 Å². The third-order valence-corrected chi connectivity index (χ3v) is 3.56. The highest BCUT2D eigenvalue weighted by Crippen LogP contribution is 2.52. The zero-order chi connectivity index (χ0) is 18.2. The van der Waals surface area contributed by atoms with E-state index in [2.05, 4.69) is 0 Å². The number of rotatable bonds is 4. The van der Waals surface area contributed by atoms with Gasteiger partial charge < -0.3 is 9.84 Å². The maximum absolute atomic E-state index is 14.2. The molecule has 0 aliphatic heterocycles. The highest BCUT2D eigenvalue weighted by molar-refractivity contribution is 5.43. The average molecular weight is 350 g/mol. The quantitative estimate of drug-likeness (QED) is 0.835. The van der Waals surface area contributed by atoms with Crippen molar-refractivity contribution in [2.24, 2.45) is 0 Å². The molecule has 2 aromatic carbocycles. The smallest absolute Gasteiger partial charge is 0.457 e. The van der Waals surface area contributed by atoms with Gasteiger partial charge in [0.1, 0.15) is 11.6 Å². The van der Waals surface area contributed by atoms with Gasteiger partial charge in [-0.15, -0.1) is 0 Å². The lowest BCUT2D eigenvalue weighted by atomic mass is 9.80. The number of aliphatic hydroxyl groups is 1. The van der Waals surface area contributed by atoms with Gasteiger partial charge >= 0.3 is 12.1 Å². The largest absolute Gasteiger partial charge is 0.497 e. The molecule has 0 aromatic heterocycles. The Bertz CT molecular complexity index is 711. The summed E-state index contributed by atoms with van der Waals surface area (Å²) in [5.74, 6) is -6.41. The van der Waals surface area contributed by atoms with E-state index in [1.165, 1.54) is 13.2 Å².